The van der Waals surface area contributed by atoms with Crippen LogP contribution in [0.3, 0.4) is 0 Å². The van der Waals surface area contributed by atoms with Gasteiger partial charge in [-0.1, -0.05) is 19.8 Å². The second-order valence-electron chi connectivity index (χ2n) is 3.04. The predicted molar refractivity (Wildman–Crippen MR) is 48.1 cm³/mol. The first-order valence-corrected chi connectivity index (χ1v) is 4.52. The fourth-order valence-corrected chi connectivity index (χ4v) is 1.30. The first kappa shape index (κ1) is 9.33. The molecule has 0 aliphatic heterocycles. The highest BCUT2D eigenvalue weighted by molar-refractivity contribution is 5.04. The molecule has 0 bridgehead atoms. The summed E-state index contributed by atoms with van der Waals surface area (Å²) in [5.74, 6) is 1.10. The van der Waals surface area contributed by atoms with E-state index in [0.29, 0.717) is 0 Å². The van der Waals surface area contributed by atoms with Gasteiger partial charge in [0.15, 0.2) is 0 Å². The quantitative estimate of drug-likeness (QED) is 0.733. The summed E-state index contributed by atoms with van der Waals surface area (Å²) in [7, 11) is 0. The van der Waals surface area contributed by atoms with Gasteiger partial charge in [0, 0.05) is 5.92 Å². The summed E-state index contributed by atoms with van der Waals surface area (Å²) in [5, 5.41) is 9.06. The van der Waals surface area contributed by atoms with Gasteiger partial charge < -0.3 is 9.52 Å². The summed E-state index contributed by atoms with van der Waals surface area (Å²) in [5.41, 5.74) is 0. The zero-order valence-corrected chi connectivity index (χ0v) is 7.49. The first-order valence-electron chi connectivity index (χ1n) is 4.52. The van der Waals surface area contributed by atoms with Crippen LogP contribution in [0.5, 0.6) is 0 Å². The Balaban J connectivity index is 2.45. The Morgan fingerprint density at radius 2 is 2.42 bits per heavy atom. The standard InChI is InChI=1S/C10H16O2/c1-2-3-5-9(8-11)10-6-4-7-12-10/h4,6-7,9,11H,2-3,5,8H2,1H3. The van der Waals surface area contributed by atoms with Crippen LogP contribution in [0, 0.1) is 0 Å². The maximum Gasteiger partial charge on any atom is 0.109 e. The summed E-state index contributed by atoms with van der Waals surface area (Å²) in [6.07, 6.45) is 4.98. The van der Waals surface area contributed by atoms with Crippen LogP contribution in [-0.2, 0) is 0 Å². The molecule has 1 N–H and O–H groups in total. The van der Waals surface area contributed by atoms with Gasteiger partial charge >= 0.3 is 0 Å². The second-order valence-corrected chi connectivity index (χ2v) is 3.04. The molecular weight excluding hydrogens is 152 g/mol. The molecule has 0 aliphatic rings. The highest BCUT2D eigenvalue weighted by Crippen LogP contribution is 2.21. The minimum Gasteiger partial charge on any atom is -0.469 e. The van der Waals surface area contributed by atoms with Crippen LogP contribution in [0.2, 0.25) is 0 Å². The van der Waals surface area contributed by atoms with Crippen LogP contribution in [0.1, 0.15) is 37.9 Å². The molecule has 2 nitrogen and oxygen atoms in total. The third-order valence-corrected chi connectivity index (χ3v) is 2.07. The largest absolute Gasteiger partial charge is 0.469 e. The smallest absolute Gasteiger partial charge is 0.109 e. The summed E-state index contributed by atoms with van der Waals surface area (Å²) in [4.78, 5) is 0. The lowest BCUT2D eigenvalue weighted by Gasteiger charge is -2.09. The molecule has 1 unspecified atom stereocenters. The van der Waals surface area contributed by atoms with E-state index in [2.05, 4.69) is 6.92 Å². The summed E-state index contributed by atoms with van der Waals surface area (Å²) in [6.45, 7) is 2.34. The number of hydrogen-bond acceptors (Lipinski definition) is 2. The molecule has 0 aromatic carbocycles. The number of unbranched alkanes of at least 4 members (excludes halogenated alkanes) is 1. The van der Waals surface area contributed by atoms with Crippen molar-refractivity contribution >= 4 is 0 Å². The molecule has 0 saturated heterocycles. The van der Waals surface area contributed by atoms with Crippen molar-refractivity contribution in [1.29, 1.82) is 0 Å². The van der Waals surface area contributed by atoms with Gasteiger partial charge in [0.1, 0.15) is 5.76 Å². The van der Waals surface area contributed by atoms with E-state index in [1.807, 2.05) is 12.1 Å². The zero-order chi connectivity index (χ0) is 8.81. The Labute approximate surface area is 73.2 Å². The van der Waals surface area contributed by atoms with Crippen molar-refractivity contribution in [2.45, 2.75) is 32.1 Å². The third kappa shape index (κ3) is 2.38. The van der Waals surface area contributed by atoms with E-state index in [-0.39, 0.29) is 12.5 Å². The molecule has 68 valence electrons. The zero-order valence-electron chi connectivity index (χ0n) is 7.49. The van der Waals surface area contributed by atoms with Crippen molar-refractivity contribution in [2.75, 3.05) is 6.61 Å². The fraction of sp³-hybridized carbons (Fsp3) is 0.600. The molecule has 0 fully saturated rings. The van der Waals surface area contributed by atoms with E-state index in [1.54, 1.807) is 6.26 Å². The van der Waals surface area contributed by atoms with E-state index in [0.717, 1.165) is 25.0 Å². The highest BCUT2D eigenvalue weighted by Gasteiger charge is 2.11. The maximum absolute atomic E-state index is 9.06. The summed E-state index contributed by atoms with van der Waals surface area (Å²) >= 11 is 0. The van der Waals surface area contributed by atoms with Crippen molar-refractivity contribution in [3.63, 3.8) is 0 Å². The second kappa shape index (κ2) is 4.99. The first-order chi connectivity index (χ1) is 5.88. The Hall–Kier alpha value is -0.760. The lowest BCUT2D eigenvalue weighted by Crippen LogP contribution is -2.02. The molecule has 0 aliphatic carbocycles. The van der Waals surface area contributed by atoms with Crippen LogP contribution in [0.15, 0.2) is 22.8 Å². The van der Waals surface area contributed by atoms with Crippen LogP contribution in [-0.4, -0.2) is 11.7 Å². The van der Waals surface area contributed by atoms with Crippen molar-refractivity contribution < 1.29 is 9.52 Å². The van der Waals surface area contributed by atoms with Crippen molar-refractivity contribution in [1.82, 2.24) is 0 Å². The van der Waals surface area contributed by atoms with Crippen LogP contribution in [0.25, 0.3) is 0 Å². The average molecular weight is 168 g/mol. The van der Waals surface area contributed by atoms with Gasteiger partial charge in [-0.15, -0.1) is 0 Å². The van der Waals surface area contributed by atoms with E-state index >= 15 is 0 Å². The van der Waals surface area contributed by atoms with Crippen molar-refractivity contribution in [3.05, 3.63) is 24.2 Å². The van der Waals surface area contributed by atoms with Crippen molar-refractivity contribution in [2.24, 2.45) is 0 Å². The summed E-state index contributed by atoms with van der Waals surface area (Å²) in [6, 6.07) is 3.79. The molecule has 1 aromatic rings. The number of rotatable bonds is 5. The number of hydrogen-bond donors (Lipinski definition) is 1. The SMILES string of the molecule is CCCCC(CO)c1ccco1. The van der Waals surface area contributed by atoms with Crippen LogP contribution < -0.4 is 0 Å². The van der Waals surface area contributed by atoms with E-state index in [1.165, 1.54) is 0 Å². The Kier molecular flexibility index (Phi) is 3.88. The van der Waals surface area contributed by atoms with Gasteiger partial charge in [-0.05, 0) is 18.6 Å². The van der Waals surface area contributed by atoms with Gasteiger partial charge in [0.05, 0.1) is 12.9 Å². The van der Waals surface area contributed by atoms with Crippen LogP contribution >= 0.6 is 0 Å². The van der Waals surface area contributed by atoms with Gasteiger partial charge in [0.2, 0.25) is 0 Å². The number of aliphatic hydroxyl groups is 1. The topological polar surface area (TPSA) is 33.4 Å². The van der Waals surface area contributed by atoms with Gasteiger partial charge in [-0.3, -0.25) is 0 Å². The maximum atomic E-state index is 9.06. The van der Waals surface area contributed by atoms with Gasteiger partial charge in [-0.25, -0.2) is 0 Å². The van der Waals surface area contributed by atoms with E-state index < -0.39 is 0 Å². The molecule has 12 heavy (non-hydrogen) atoms. The van der Waals surface area contributed by atoms with E-state index in [9.17, 15) is 0 Å². The molecule has 0 radical (unpaired) electrons. The summed E-state index contributed by atoms with van der Waals surface area (Å²) < 4.78 is 5.22. The molecule has 2 heteroatoms. The van der Waals surface area contributed by atoms with Crippen molar-refractivity contribution in [3.8, 4) is 0 Å². The Bertz CT molecular complexity index is 192. The molecule has 0 saturated carbocycles. The number of aliphatic hydroxyl groups excluding tert-OH is 1. The predicted octanol–water partition coefficient (Wildman–Crippen LogP) is 2.55. The van der Waals surface area contributed by atoms with Gasteiger partial charge in [0.25, 0.3) is 0 Å². The highest BCUT2D eigenvalue weighted by atomic mass is 16.3. The van der Waals surface area contributed by atoms with E-state index in [4.69, 9.17) is 9.52 Å². The average Bonchev–Trinajstić information content (AvgIpc) is 2.59. The lowest BCUT2D eigenvalue weighted by atomic mass is 10.0. The third-order valence-electron chi connectivity index (χ3n) is 2.07. The minimum atomic E-state index is 0.188. The fourth-order valence-electron chi connectivity index (χ4n) is 1.30. The van der Waals surface area contributed by atoms with Crippen LogP contribution in [0.4, 0.5) is 0 Å². The lowest BCUT2D eigenvalue weighted by molar-refractivity contribution is 0.240. The molecule has 0 amide bonds. The Morgan fingerprint density at radius 1 is 1.58 bits per heavy atom. The Morgan fingerprint density at radius 3 is 2.92 bits per heavy atom. The minimum absolute atomic E-state index is 0.188. The van der Waals surface area contributed by atoms with Gasteiger partial charge in [-0.2, -0.15) is 0 Å². The molecule has 1 atom stereocenters. The molecule has 0 spiro atoms. The monoisotopic (exact) mass is 168 g/mol. The molecular formula is C10H16O2. The normalized spacial score (nSPS) is 13.2. The molecule has 1 heterocycles. The molecule has 1 aromatic heterocycles. The number of furan rings is 1. The molecule has 1 rings (SSSR count).